The predicted molar refractivity (Wildman–Crippen MR) is 136 cm³/mol. The van der Waals surface area contributed by atoms with Crippen molar-refractivity contribution in [3.8, 4) is 0 Å². The van der Waals surface area contributed by atoms with Crippen LogP contribution in [0.1, 0.15) is 50.9 Å². The Morgan fingerprint density at radius 2 is 1.91 bits per heavy atom. The fourth-order valence-corrected chi connectivity index (χ4v) is 5.36. The fourth-order valence-electron chi connectivity index (χ4n) is 5.36. The van der Waals surface area contributed by atoms with Gasteiger partial charge in [0.25, 0.3) is 0 Å². The lowest BCUT2D eigenvalue weighted by Crippen LogP contribution is -2.40. The Morgan fingerprint density at radius 3 is 2.59 bits per heavy atom. The SMILES string of the molecule is C/C=C1\[C@H]2C=C(C)C[C@]1(/N=C/C=C/c1ccc(N(CC)CC)cc1)c1ccc(=O)[nH]c1C2. The smallest absolute Gasteiger partial charge is 0.248 e. The number of hydrogen-bond acceptors (Lipinski definition) is 3. The first-order valence-electron chi connectivity index (χ1n) is 11.6. The number of allylic oxidation sites excluding steroid dienone is 3. The minimum Gasteiger partial charge on any atom is -0.372 e. The second-order valence-corrected chi connectivity index (χ2v) is 8.72. The van der Waals surface area contributed by atoms with E-state index < -0.39 is 5.54 Å². The average Bonchev–Trinajstić information content (AvgIpc) is 2.78. The predicted octanol–water partition coefficient (Wildman–Crippen LogP) is 5.67. The molecule has 4 heteroatoms. The van der Waals surface area contributed by atoms with Crippen LogP contribution in [0.15, 0.2) is 75.6 Å². The third-order valence-corrected chi connectivity index (χ3v) is 6.77. The topological polar surface area (TPSA) is 48.5 Å². The van der Waals surface area contributed by atoms with Gasteiger partial charge < -0.3 is 9.88 Å². The Labute approximate surface area is 191 Å². The van der Waals surface area contributed by atoms with Gasteiger partial charge in [-0.25, -0.2) is 0 Å². The molecule has 0 saturated carbocycles. The van der Waals surface area contributed by atoms with Crippen molar-refractivity contribution < 1.29 is 0 Å². The molecule has 1 heterocycles. The summed E-state index contributed by atoms with van der Waals surface area (Å²) in [5, 5.41) is 0. The van der Waals surface area contributed by atoms with Crippen molar-refractivity contribution in [1.29, 1.82) is 0 Å². The van der Waals surface area contributed by atoms with Crippen LogP contribution in [-0.4, -0.2) is 24.3 Å². The van der Waals surface area contributed by atoms with Gasteiger partial charge in [-0.3, -0.25) is 9.79 Å². The van der Waals surface area contributed by atoms with Gasteiger partial charge in [0.1, 0.15) is 5.54 Å². The van der Waals surface area contributed by atoms with Gasteiger partial charge in [0.05, 0.1) is 0 Å². The number of rotatable bonds is 6. The van der Waals surface area contributed by atoms with Crippen LogP contribution in [0.3, 0.4) is 0 Å². The van der Waals surface area contributed by atoms with E-state index in [0.717, 1.165) is 42.8 Å². The molecule has 0 amide bonds. The maximum Gasteiger partial charge on any atom is 0.248 e. The number of aromatic amines is 1. The summed E-state index contributed by atoms with van der Waals surface area (Å²) in [4.78, 5) is 22.5. The second kappa shape index (κ2) is 9.15. The first-order valence-corrected chi connectivity index (χ1v) is 11.6. The Balaban J connectivity index is 1.64. The van der Waals surface area contributed by atoms with Crippen molar-refractivity contribution in [3.63, 3.8) is 0 Å². The number of aliphatic imine (C=N–C) groups is 1. The molecule has 0 radical (unpaired) electrons. The Morgan fingerprint density at radius 1 is 1.16 bits per heavy atom. The van der Waals surface area contributed by atoms with Gasteiger partial charge >= 0.3 is 0 Å². The van der Waals surface area contributed by atoms with E-state index in [1.165, 1.54) is 16.8 Å². The molecule has 0 fully saturated rings. The third-order valence-electron chi connectivity index (χ3n) is 6.77. The monoisotopic (exact) mass is 427 g/mol. The molecule has 4 nitrogen and oxygen atoms in total. The zero-order chi connectivity index (χ0) is 22.7. The molecule has 166 valence electrons. The van der Waals surface area contributed by atoms with E-state index in [1.807, 2.05) is 18.4 Å². The number of nitrogens with zero attached hydrogens (tertiary/aromatic N) is 2. The lowest BCUT2D eigenvalue weighted by molar-refractivity contribution is 0.413. The van der Waals surface area contributed by atoms with Crippen LogP contribution in [0.2, 0.25) is 0 Å². The molecule has 0 saturated heterocycles. The van der Waals surface area contributed by atoms with Crippen LogP contribution < -0.4 is 10.5 Å². The summed E-state index contributed by atoms with van der Waals surface area (Å²) in [5.74, 6) is 0.285. The number of pyridine rings is 1. The zero-order valence-electron chi connectivity index (χ0n) is 19.6. The van der Waals surface area contributed by atoms with Gasteiger partial charge in [-0.2, -0.15) is 0 Å². The number of fused-ring (bicyclic) bond motifs is 4. The molecule has 2 bridgehead atoms. The highest BCUT2D eigenvalue weighted by Gasteiger charge is 2.46. The Bertz CT molecular complexity index is 1150. The Kier molecular flexibility index (Phi) is 6.31. The van der Waals surface area contributed by atoms with Crippen LogP contribution in [0.4, 0.5) is 5.69 Å². The van der Waals surface area contributed by atoms with Gasteiger partial charge in [-0.05, 0) is 69.5 Å². The number of benzene rings is 1. The molecule has 0 unspecified atom stereocenters. The molecule has 0 spiro atoms. The summed E-state index contributed by atoms with van der Waals surface area (Å²) in [7, 11) is 0. The maximum atomic E-state index is 12.0. The van der Waals surface area contributed by atoms with Gasteiger partial charge in [0, 0.05) is 54.7 Å². The van der Waals surface area contributed by atoms with Crippen LogP contribution >= 0.6 is 0 Å². The van der Waals surface area contributed by atoms with E-state index in [1.54, 1.807) is 6.07 Å². The van der Waals surface area contributed by atoms with E-state index in [9.17, 15) is 4.79 Å². The molecule has 32 heavy (non-hydrogen) atoms. The quantitative estimate of drug-likeness (QED) is 0.477. The summed E-state index contributed by atoms with van der Waals surface area (Å²) < 4.78 is 0. The summed E-state index contributed by atoms with van der Waals surface area (Å²) in [6.45, 7) is 10.7. The van der Waals surface area contributed by atoms with Gasteiger partial charge in [0.15, 0.2) is 0 Å². The second-order valence-electron chi connectivity index (χ2n) is 8.72. The van der Waals surface area contributed by atoms with Crippen molar-refractivity contribution in [2.75, 3.05) is 18.0 Å². The van der Waals surface area contributed by atoms with E-state index >= 15 is 0 Å². The van der Waals surface area contributed by atoms with E-state index in [4.69, 9.17) is 4.99 Å². The minimum atomic E-state index is -0.438. The molecule has 2 aliphatic rings. The molecular weight excluding hydrogens is 394 g/mol. The fraction of sp³-hybridized carbons (Fsp3) is 0.357. The van der Waals surface area contributed by atoms with Gasteiger partial charge in [0.2, 0.25) is 5.56 Å². The maximum absolute atomic E-state index is 12.0. The van der Waals surface area contributed by atoms with Crippen molar-refractivity contribution in [2.24, 2.45) is 10.9 Å². The molecular formula is C28H33N3O. The highest BCUT2D eigenvalue weighted by Crippen LogP contribution is 2.51. The van der Waals surface area contributed by atoms with E-state index in [0.29, 0.717) is 0 Å². The molecule has 4 rings (SSSR count). The van der Waals surface area contributed by atoms with Crippen molar-refractivity contribution >= 4 is 18.0 Å². The number of aromatic nitrogens is 1. The molecule has 2 aliphatic carbocycles. The lowest BCUT2D eigenvalue weighted by Gasteiger charge is -2.45. The zero-order valence-corrected chi connectivity index (χ0v) is 19.6. The van der Waals surface area contributed by atoms with E-state index in [-0.39, 0.29) is 11.5 Å². The molecule has 1 aromatic carbocycles. The normalized spacial score (nSPS) is 23.6. The van der Waals surface area contributed by atoms with E-state index in [2.05, 4.69) is 80.1 Å². The summed E-state index contributed by atoms with van der Waals surface area (Å²) in [6.07, 6.45) is 12.3. The number of nitrogens with one attached hydrogen (secondary N) is 1. The number of anilines is 1. The highest BCUT2D eigenvalue weighted by atomic mass is 16.1. The number of H-pyrrole nitrogens is 1. The van der Waals surface area contributed by atoms with Gasteiger partial charge in [-0.15, -0.1) is 0 Å². The molecule has 1 aromatic heterocycles. The van der Waals surface area contributed by atoms with Crippen LogP contribution in [-0.2, 0) is 12.0 Å². The summed E-state index contributed by atoms with van der Waals surface area (Å²) in [6, 6.07) is 12.3. The van der Waals surface area contributed by atoms with Crippen molar-refractivity contribution in [1.82, 2.24) is 4.98 Å². The first-order chi connectivity index (χ1) is 15.5. The van der Waals surface area contributed by atoms with Gasteiger partial charge in [-0.1, -0.05) is 35.9 Å². The standard InChI is InChI=1S/C28H33N3O/c1-5-24-22-17-20(4)19-28(24,25-14-15-27(32)30-26(25)18-22)29-16-8-9-21-10-12-23(13-11-21)31(6-2)7-3/h5,8-17,22H,6-7,18-19H2,1-4H3,(H,30,32)/b9-8+,24-5+,29-16+/t22-,28+/m0/s1. The molecule has 0 aliphatic heterocycles. The summed E-state index contributed by atoms with van der Waals surface area (Å²) >= 11 is 0. The largest absolute Gasteiger partial charge is 0.372 e. The van der Waals surface area contributed by atoms with Crippen molar-refractivity contribution in [2.45, 2.75) is 46.1 Å². The van der Waals surface area contributed by atoms with Crippen LogP contribution in [0, 0.1) is 5.92 Å². The number of hydrogen-bond donors (Lipinski definition) is 1. The molecule has 1 N–H and O–H groups in total. The summed E-state index contributed by atoms with van der Waals surface area (Å²) in [5.41, 5.74) is 6.75. The third kappa shape index (κ3) is 4.02. The Hall–Kier alpha value is -3.14. The molecule has 2 aromatic rings. The first kappa shape index (κ1) is 22.1. The minimum absolute atomic E-state index is 0.0429. The lowest BCUT2D eigenvalue weighted by atomic mass is 9.63. The van der Waals surface area contributed by atoms with Crippen molar-refractivity contribution in [3.05, 3.63) is 92.9 Å². The van der Waals surface area contributed by atoms with Crippen LogP contribution in [0.25, 0.3) is 6.08 Å². The highest BCUT2D eigenvalue weighted by molar-refractivity contribution is 5.79. The molecule has 2 atom stereocenters. The average molecular weight is 428 g/mol. The van der Waals surface area contributed by atoms with Crippen LogP contribution in [0.5, 0.6) is 0 Å².